The Hall–Kier alpha value is -1.07. The molecule has 0 saturated carbocycles. The summed E-state index contributed by atoms with van der Waals surface area (Å²) in [6, 6.07) is 0. The molecule has 0 aromatic carbocycles. The van der Waals surface area contributed by atoms with Crippen LogP contribution in [0.1, 0.15) is 10.4 Å². The van der Waals surface area contributed by atoms with E-state index in [1.54, 1.807) is 5.38 Å². The smallest absolute Gasteiger partial charge is 0.153 e. The summed E-state index contributed by atoms with van der Waals surface area (Å²) in [6.07, 6.45) is 2.31. The van der Waals surface area contributed by atoms with E-state index in [-0.39, 0.29) is 0 Å². The van der Waals surface area contributed by atoms with Crippen LogP contribution >= 0.6 is 23.6 Å². The van der Waals surface area contributed by atoms with Crippen molar-refractivity contribution in [3.63, 3.8) is 0 Å². The van der Waals surface area contributed by atoms with Crippen LogP contribution in [0.4, 0.5) is 0 Å². The summed E-state index contributed by atoms with van der Waals surface area (Å²) in [5.41, 5.74) is 1.43. The van der Waals surface area contributed by atoms with Gasteiger partial charge in [0, 0.05) is 10.9 Å². The van der Waals surface area contributed by atoms with Gasteiger partial charge in [0.15, 0.2) is 6.29 Å². The number of nitrogens with one attached hydrogen (secondary N) is 1. The van der Waals surface area contributed by atoms with E-state index in [0.29, 0.717) is 10.2 Å². The molecule has 0 radical (unpaired) electrons. The minimum absolute atomic E-state index is 0.543. The molecule has 0 aliphatic heterocycles. The van der Waals surface area contributed by atoms with Gasteiger partial charge in [-0.15, -0.1) is 11.3 Å². The van der Waals surface area contributed by atoms with Gasteiger partial charge >= 0.3 is 0 Å². The van der Waals surface area contributed by atoms with E-state index in [4.69, 9.17) is 12.2 Å². The molecule has 2 aromatic rings. The Labute approximate surface area is 77.1 Å². The van der Waals surface area contributed by atoms with E-state index in [2.05, 4.69) is 9.97 Å². The fourth-order valence-electron chi connectivity index (χ4n) is 0.978. The number of nitrogens with zero attached hydrogens (tertiary/aromatic N) is 1. The number of carbonyl (C=O) groups excluding carboxylic acids is 1. The molecule has 0 fully saturated rings. The summed E-state index contributed by atoms with van der Waals surface area (Å²) in [7, 11) is 0. The number of hydrogen-bond donors (Lipinski definition) is 1. The van der Waals surface area contributed by atoms with Crippen molar-refractivity contribution in [1.29, 1.82) is 0 Å². The van der Waals surface area contributed by atoms with Gasteiger partial charge in [0.25, 0.3) is 0 Å². The van der Waals surface area contributed by atoms with Gasteiger partial charge in [-0.05, 0) is 0 Å². The van der Waals surface area contributed by atoms with Crippen LogP contribution in [0.3, 0.4) is 0 Å². The monoisotopic (exact) mass is 196 g/mol. The van der Waals surface area contributed by atoms with Gasteiger partial charge in [-0.3, -0.25) is 4.79 Å². The van der Waals surface area contributed by atoms with Crippen molar-refractivity contribution in [2.45, 2.75) is 0 Å². The summed E-state index contributed by atoms with van der Waals surface area (Å²) in [5.74, 6) is 0. The molecule has 0 atom stereocenters. The third kappa shape index (κ3) is 0.981. The molecule has 1 N–H and O–H groups in total. The minimum Gasteiger partial charge on any atom is -0.344 e. The van der Waals surface area contributed by atoms with Crippen molar-refractivity contribution in [1.82, 2.24) is 9.97 Å². The molecule has 2 aromatic heterocycles. The molecule has 0 saturated heterocycles. The first-order chi connectivity index (χ1) is 5.83. The maximum atomic E-state index is 10.5. The van der Waals surface area contributed by atoms with Crippen LogP contribution < -0.4 is 0 Å². The number of aldehydes is 1. The second-order valence-electron chi connectivity index (χ2n) is 2.22. The molecule has 2 heterocycles. The van der Waals surface area contributed by atoms with Crippen molar-refractivity contribution in [3.05, 3.63) is 21.9 Å². The molecule has 3 nitrogen and oxygen atoms in total. The average Bonchev–Trinajstić information content (AvgIpc) is 2.49. The summed E-state index contributed by atoms with van der Waals surface area (Å²) in [5, 5.41) is 1.77. The zero-order valence-corrected chi connectivity index (χ0v) is 7.54. The van der Waals surface area contributed by atoms with Gasteiger partial charge < -0.3 is 4.98 Å². The zero-order valence-electron chi connectivity index (χ0n) is 5.90. The number of aromatic nitrogens is 2. The minimum atomic E-state index is 0.543. The fourth-order valence-corrected chi connectivity index (χ4v) is 2.14. The molecule has 0 bridgehead atoms. The normalized spacial score (nSPS) is 10.3. The lowest BCUT2D eigenvalue weighted by molar-refractivity contribution is 0.112. The quantitative estimate of drug-likeness (QED) is 0.561. The molecule has 0 unspecified atom stereocenters. The Balaban J connectivity index is 2.98. The highest BCUT2D eigenvalue weighted by Gasteiger charge is 2.03. The van der Waals surface area contributed by atoms with Crippen LogP contribution in [0, 0.1) is 4.64 Å². The van der Waals surface area contributed by atoms with Crippen LogP contribution in [-0.2, 0) is 0 Å². The molecule has 0 aliphatic rings. The number of H-pyrrole nitrogens is 1. The van der Waals surface area contributed by atoms with E-state index >= 15 is 0 Å². The molecule has 0 amide bonds. The van der Waals surface area contributed by atoms with Gasteiger partial charge in [0.05, 0.1) is 16.5 Å². The highest BCUT2D eigenvalue weighted by Crippen LogP contribution is 2.22. The highest BCUT2D eigenvalue weighted by atomic mass is 32.1. The SMILES string of the molecule is O=Cc1csc2c(=S)nc[nH]c12. The number of fused-ring (bicyclic) bond motifs is 1. The first kappa shape index (κ1) is 7.57. The molecule has 5 heteroatoms. The van der Waals surface area contributed by atoms with Crippen molar-refractivity contribution in [2.75, 3.05) is 0 Å². The molecule has 2 rings (SSSR count). The average molecular weight is 196 g/mol. The first-order valence-electron chi connectivity index (χ1n) is 3.23. The van der Waals surface area contributed by atoms with Crippen molar-refractivity contribution in [2.24, 2.45) is 0 Å². The van der Waals surface area contributed by atoms with E-state index < -0.39 is 0 Å². The van der Waals surface area contributed by atoms with Crippen LogP contribution in [-0.4, -0.2) is 16.3 Å². The second kappa shape index (κ2) is 2.76. The molecule has 12 heavy (non-hydrogen) atoms. The topological polar surface area (TPSA) is 45.8 Å². The number of hydrogen-bond acceptors (Lipinski definition) is 4. The lowest BCUT2D eigenvalue weighted by atomic mass is 10.3. The van der Waals surface area contributed by atoms with Crippen molar-refractivity contribution < 1.29 is 4.79 Å². The van der Waals surface area contributed by atoms with Gasteiger partial charge in [0.2, 0.25) is 0 Å². The number of aromatic amines is 1. The van der Waals surface area contributed by atoms with Crippen molar-refractivity contribution in [3.8, 4) is 0 Å². The van der Waals surface area contributed by atoms with Gasteiger partial charge in [0.1, 0.15) is 4.64 Å². The maximum absolute atomic E-state index is 10.5. The third-order valence-electron chi connectivity index (χ3n) is 1.53. The fraction of sp³-hybridized carbons (Fsp3) is 0. The second-order valence-corrected chi connectivity index (χ2v) is 3.49. The van der Waals surface area contributed by atoms with E-state index in [9.17, 15) is 4.79 Å². The number of carbonyl (C=O) groups is 1. The first-order valence-corrected chi connectivity index (χ1v) is 4.52. The number of thiophene rings is 1. The van der Waals surface area contributed by atoms with Crippen LogP contribution in [0.25, 0.3) is 10.2 Å². The largest absolute Gasteiger partial charge is 0.344 e. The Morgan fingerprint density at radius 2 is 2.50 bits per heavy atom. The predicted molar refractivity (Wildman–Crippen MR) is 50.2 cm³/mol. The van der Waals surface area contributed by atoms with Crippen molar-refractivity contribution >= 4 is 40.1 Å². The Bertz CT molecular complexity index is 485. The molecular weight excluding hydrogens is 192 g/mol. The van der Waals surface area contributed by atoms with E-state index in [1.807, 2.05) is 0 Å². The maximum Gasteiger partial charge on any atom is 0.153 e. The molecular formula is C7H4N2OS2. The summed E-state index contributed by atoms with van der Waals surface area (Å²) < 4.78 is 1.41. The molecule has 0 aliphatic carbocycles. The zero-order chi connectivity index (χ0) is 8.55. The van der Waals surface area contributed by atoms with E-state index in [0.717, 1.165) is 16.5 Å². The Kier molecular flexibility index (Phi) is 1.74. The summed E-state index contributed by atoms with van der Waals surface area (Å²) >= 11 is 6.41. The lowest BCUT2D eigenvalue weighted by Gasteiger charge is -1.88. The van der Waals surface area contributed by atoms with Gasteiger partial charge in [-0.1, -0.05) is 12.2 Å². The molecule has 60 valence electrons. The summed E-state index contributed by atoms with van der Waals surface area (Å²) in [4.78, 5) is 17.3. The molecule has 0 spiro atoms. The Morgan fingerprint density at radius 3 is 3.25 bits per heavy atom. The van der Waals surface area contributed by atoms with Gasteiger partial charge in [-0.25, -0.2) is 4.98 Å². The van der Waals surface area contributed by atoms with Crippen LogP contribution in [0.15, 0.2) is 11.7 Å². The third-order valence-corrected chi connectivity index (χ3v) is 2.98. The predicted octanol–water partition coefficient (Wildman–Crippen LogP) is 2.17. The van der Waals surface area contributed by atoms with Crippen LogP contribution in [0.2, 0.25) is 0 Å². The van der Waals surface area contributed by atoms with Gasteiger partial charge in [-0.2, -0.15) is 0 Å². The number of rotatable bonds is 1. The van der Waals surface area contributed by atoms with Crippen LogP contribution in [0.5, 0.6) is 0 Å². The standard InChI is InChI=1S/C7H4N2OS2/c10-1-4-2-12-6-5(4)8-3-9-7(6)11/h1-3H,(H,8,9,11). The Morgan fingerprint density at radius 1 is 1.67 bits per heavy atom. The highest BCUT2D eigenvalue weighted by molar-refractivity contribution is 7.71. The summed E-state index contributed by atoms with van der Waals surface area (Å²) in [6.45, 7) is 0. The lowest BCUT2D eigenvalue weighted by Crippen LogP contribution is -1.81. The van der Waals surface area contributed by atoms with E-state index in [1.165, 1.54) is 17.7 Å².